The first-order valence-electron chi connectivity index (χ1n) is 9.48. The lowest BCUT2D eigenvalue weighted by Crippen LogP contribution is -2.29. The highest BCUT2D eigenvalue weighted by Gasteiger charge is 2.38. The zero-order chi connectivity index (χ0) is 17.9. The third-order valence-electron chi connectivity index (χ3n) is 5.36. The Kier molecular flexibility index (Phi) is 5.24. The lowest BCUT2D eigenvalue weighted by molar-refractivity contribution is 0.0662. The fraction of sp³-hybridized carbons (Fsp3) is 0.550. The van der Waals surface area contributed by atoms with Crippen LogP contribution in [0, 0.1) is 12.8 Å². The Balaban J connectivity index is 1.31. The molecule has 1 aromatic carbocycles. The minimum absolute atomic E-state index is 0.475. The molecule has 1 aromatic heterocycles. The third-order valence-corrected chi connectivity index (χ3v) is 5.36. The van der Waals surface area contributed by atoms with Gasteiger partial charge < -0.3 is 25.0 Å². The molecule has 2 aromatic rings. The van der Waals surface area contributed by atoms with Gasteiger partial charge in [-0.25, -0.2) is 0 Å². The number of aromatic nitrogens is 1. The SMILES string of the molecule is Cc1cc(NC(O)c2cccc([C@H]3CC3NCC3CCOCC3)c2)on1. The number of aliphatic hydroxyl groups excluding tert-OH is 1. The van der Waals surface area contributed by atoms with Gasteiger partial charge in [0.25, 0.3) is 0 Å². The second-order valence-corrected chi connectivity index (χ2v) is 7.46. The number of ether oxygens (including phenoxy) is 1. The highest BCUT2D eigenvalue weighted by atomic mass is 16.5. The minimum Gasteiger partial charge on any atom is -0.381 e. The van der Waals surface area contributed by atoms with Gasteiger partial charge in [-0.2, -0.15) is 0 Å². The van der Waals surface area contributed by atoms with Crippen LogP contribution in [-0.4, -0.2) is 36.1 Å². The second kappa shape index (κ2) is 7.78. The van der Waals surface area contributed by atoms with Crippen molar-refractivity contribution in [1.82, 2.24) is 10.5 Å². The van der Waals surface area contributed by atoms with Crippen molar-refractivity contribution in [3.05, 3.63) is 47.2 Å². The molecular weight excluding hydrogens is 330 g/mol. The molecule has 1 saturated heterocycles. The number of hydrogen-bond acceptors (Lipinski definition) is 6. The van der Waals surface area contributed by atoms with Gasteiger partial charge in [-0.05, 0) is 44.2 Å². The summed E-state index contributed by atoms with van der Waals surface area (Å²) < 4.78 is 10.5. The molecule has 2 unspecified atom stereocenters. The van der Waals surface area contributed by atoms with E-state index in [1.807, 2.05) is 19.1 Å². The van der Waals surface area contributed by atoms with Gasteiger partial charge in [0.05, 0.1) is 5.69 Å². The second-order valence-electron chi connectivity index (χ2n) is 7.46. The van der Waals surface area contributed by atoms with E-state index >= 15 is 0 Å². The van der Waals surface area contributed by atoms with Gasteiger partial charge >= 0.3 is 0 Å². The fourth-order valence-corrected chi connectivity index (χ4v) is 3.67. The van der Waals surface area contributed by atoms with E-state index in [4.69, 9.17) is 9.26 Å². The van der Waals surface area contributed by atoms with Crippen molar-refractivity contribution in [1.29, 1.82) is 0 Å². The van der Waals surface area contributed by atoms with E-state index in [1.54, 1.807) is 6.07 Å². The highest BCUT2D eigenvalue weighted by Crippen LogP contribution is 2.41. The zero-order valence-corrected chi connectivity index (χ0v) is 15.1. The maximum Gasteiger partial charge on any atom is 0.227 e. The van der Waals surface area contributed by atoms with E-state index < -0.39 is 6.23 Å². The van der Waals surface area contributed by atoms with Crippen LogP contribution in [0.4, 0.5) is 5.88 Å². The van der Waals surface area contributed by atoms with Crippen molar-refractivity contribution in [3.63, 3.8) is 0 Å². The lowest BCUT2D eigenvalue weighted by Gasteiger charge is -2.22. The van der Waals surface area contributed by atoms with Crippen LogP contribution in [0.1, 0.15) is 48.2 Å². The number of aryl methyl sites for hydroxylation is 1. The number of nitrogens with zero attached hydrogens (tertiary/aromatic N) is 1. The van der Waals surface area contributed by atoms with Gasteiger partial charge in [0.15, 0.2) is 6.23 Å². The largest absolute Gasteiger partial charge is 0.381 e. The first-order valence-corrected chi connectivity index (χ1v) is 9.48. The fourth-order valence-electron chi connectivity index (χ4n) is 3.67. The number of aliphatic hydroxyl groups is 1. The van der Waals surface area contributed by atoms with E-state index in [9.17, 15) is 5.11 Å². The zero-order valence-electron chi connectivity index (χ0n) is 15.1. The average Bonchev–Trinajstić information content (AvgIpc) is 3.34. The first kappa shape index (κ1) is 17.5. The molecule has 6 nitrogen and oxygen atoms in total. The first-order chi connectivity index (χ1) is 12.7. The van der Waals surface area contributed by atoms with Crippen LogP contribution in [0.15, 0.2) is 34.9 Å². The molecule has 2 fully saturated rings. The van der Waals surface area contributed by atoms with E-state index in [0.717, 1.165) is 43.4 Å². The number of nitrogens with one attached hydrogen (secondary N) is 2. The maximum atomic E-state index is 10.4. The maximum absolute atomic E-state index is 10.4. The standard InChI is InChI=1S/C20H27N3O3/c1-13-9-19(26-23-13)22-20(24)16-4-2-3-15(10-16)17-11-18(17)21-12-14-5-7-25-8-6-14/h2-4,9-10,14,17-18,20-22,24H,5-8,11-12H2,1H3/t17-,18?,20?/m1/s1. The molecule has 3 N–H and O–H groups in total. The molecule has 0 amide bonds. The third kappa shape index (κ3) is 4.26. The van der Waals surface area contributed by atoms with Crippen LogP contribution in [0.3, 0.4) is 0 Å². The predicted molar refractivity (Wildman–Crippen MR) is 99.0 cm³/mol. The van der Waals surface area contributed by atoms with E-state index in [2.05, 4.69) is 27.9 Å². The molecule has 0 bridgehead atoms. The van der Waals surface area contributed by atoms with Gasteiger partial charge in [0.2, 0.25) is 5.88 Å². The molecule has 6 heteroatoms. The Bertz CT molecular complexity index is 727. The smallest absolute Gasteiger partial charge is 0.227 e. The van der Waals surface area contributed by atoms with Crippen molar-refractivity contribution in [2.45, 2.75) is 44.4 Å². The Morgan fingerprint density at radius 3 is 2.88 bits per heavy atom. The van der Waals surface area contributed by atoms with Gasteiger partial charge in [-0.3, -0.25) is 0 Å². The summed E-state index contributed by atoms with van der Waals surface area (Å²) in [5, 5.41) is 20.9. The van der Waals surface area contributed by atoms with Crippen LogP contribution in [0.5, 0.6) is 0 Å². The summed E-state index contributed by atoms with van der Waals surface area (Å²) in [6, 6.07) is 10.5. The Morgan fingerprint density at radius 1 is 1.27 bits per heavy atom. The topological polar surface area (TPSA) is 79.5 Å². The van der Waals surface area contributed by atoms with Gasteiger partial charge in [-0.1, -0.05) is 29.4 Å². The van der Waals surface area contributed by atoms with Crippen LogP contribution < -0.4 is 10.6 Å². The Morgan fingerprint density at radius 2 is 2.12 bits per heavy atom. The number of benzene rings is 1. The van der Waals surface area contributed by atoms with Crippen molar-refractivity contribution >= 4 is 5.88 Å². The van der Waals surface area contributed by atoms with E-state index in [1.165, 1.54) is 18.4 Å². The van der Waals surface area contributed by atoms with Crippen LogP contribution in [0.25, 0.3) is 0 Å². The summed E-state index contributed by atoms with van der Waals surface area (Å²) >= 11 is 0. The van der Waals surface area contributed by atoms with Crippen molar-refractivity contribution in [2.24, 2.45) is 5.92 Å². The molecule has 0 radical (unpaired) electrons. The summed E-state index contributed by atoms with van der Waals surface area (Å²) in [6.45, 7) is 4.73. The van der Waals surface area contributed by atoms with Gasteiger partial charge in [0, 0.05) is 36.8 Å². The molecule has 26 heavy (non-hydrogen) atoms. The van der Waals surface area contributed by atoms with Crippen molar-refractivity contribution in [2.75, 3.05) is 25.1 Å². The molecule has 2 heterocycles. The summed E-state index contributed by atoms with van der Waals surface area (Å²) in [4.78, 5) is 0. The van der Waals surface area contributed by atoms with Crippen LogP contribution >= 0.6 is 0 Å². The van der Waals surface area contributed by atoms with Crippen LogP contribution in [0.2, 0.25) is 0 Å². The van der Waals surface area contributed by atoms with Gasteiger partial charge in [-0.15, -0.1) is 0 Å². The van der Waals surface area contributed by atoms with Crippen molar-refractivity contribution in [3.8, 4) is 0 Å². The number of anilines is 1. The Labute approximate surface area is 153 Å². The van der Waals surface area contributed by atoms with Crippen molar-refractivity contribution < 1.29 is 14.4 Å². The Hall–Kier alpha value is -1.89. The van der Waals surface area contributed by atoms with Gasteiger partial charge in [0.1, 0.15) is 0 Å². The number of hydrogen-bond donors (Lipinski definition) is 3. The average molecular weight is 357 g/mol. The molecule has 1 aliphatic heterocycles. The molecule has 140 valence electrons. The molecule has 4 rings (SSSR count). The summed E-state index contributed by atoms with van der Waals surface area (Å²) in [5.41, 5.74) is 2.90. The quantitative estimate of drug-likeness (QED) is 0.661. The summed E-state index contributed by atoms with van der Waals surface area (Å²) in [7, 11) is 0. The van der Waals surface area contributed by atoms with E-state index in [-0.39, 0.29) is 0 Å². The lowest BCUT2D eigenvalue weighted by atomic mass is 10.0. The number of rotatable bonds is 7. The molecular formula is C20H27N3O3. The molecule has 0 spiro atoms. The monoisotopic (exact) mass is 357 g/mol. The predicted octanol–water partition coefficient (Wildman–Crippen LogP) is 2.96. The normalized spacial score (nSPS) is 24.4. The highest BCUT2D eigenvalue weighted by molar-refractivity contribution is 5.38. The molecule has 1 saturated carbocycles. The molecule has 3 atom stereocenters. The summed E-state index contributed by atoms with van der Waals surface area (Å²) in [5.74, 6) is 1.75. The minimum atomic E-state index is -0.810. The summed E-state index contributed by atoms with van der Waals surface area (Å²) in [6.07, 6.45) is 2.68. The van der Waals surface area contributed by atoms with E-state index in [0.29, 0.717) is 17.8 Å². The molecule has 2 aliphatic rings. The molecule has 1 aliphatic carbocycles. The van der Waals surface area contributed by atoms with Crippen LogP contribution in [-0.2, 0) is 4.74 Å².